The third-order valence-electron chi connectivity index (χ3n) is 2.70. The summed E-state index contributed by atoms with van der Waals surface area (Å²) < 4.78 is 4.49. The number of hydrogen-bond donors (Lipinski definition) is 1. The molecule has 1 rings (SSSR count). The van der Waals surface area contributed by atoms with Gasteiger partial charge in [-0.15, -0.1) is 5.06 Å². The topological polar surface area (TPSA) is 119 Å². The number of esters is 1. The lowest BCUT2D eigenvalue weighted by Crippen LogP contribution is -2.41. The first-order chi connectivity index (χ1) is 9.85. The molecule has 1 saturated heterocycles. The molecule has 0 saturated carbocycles. The molecule has 0 bridgehead atoms. The van der Waals surface area contributed by atoms with E-state index in [1.54, 1.807) is 0 Å². The first-order valence-corrected chi connectivity index (χ1v) is 6.26. The van der Waals surface area contributed by atoms with Crippen molar-refractivity contribution in [2.45, 2.75) is 38.6 Å². The van der Waals surface area contributed by atoms with Crippen LogP contribution in [0.4, 0.5) is 0 Å². The number of hydrogen-bond acceptors (Lipinski definition) is 7. The molecule has 0 aliphatic carbocycles. The molecule has 1 fully saturated rings. The molecule has 3 amide bonds. The Morgan fingerprint density at radius 3 is 2.29 bits per heavy atom. The van der Waals surface area contributed by atoms with Gasteiger partial charge in [-0.3, -0.25) is 14.4 Å². The molecular formula is C12H16N2O7. The lowest BCUT2D eigenvalue weighted by molar-refractivity contribution is -0.197. The van der Waals surface area contributed by atoms with Crippen molar-refractivity contribution in [1.29, 1.82) is 0 Å². The summed E-state index contributed by atoms with van der Waals surface area (Å²) in [5, 5.41) is 2.75. The normalized spacial score (nSPS) is 15.6. The summed E-state index contributed by atoms with van der Waals surface area (Å²) in [5.74, 6) is -3.17. The number of carbonyl (C=O) groups excluding carboxylic acids is 5. The van der Waals surface area contributed by atoms with Gasteiger partial charge in [0.15, 0.2) is 0 Å². The molecule has 0 radical (unpaired) electrons. The fourth-order valence-corrected chi connectivity index (χ4v) is 1.70. The van der Waals surface area contributed by atoms with Crippen molar-refractivity contribution in [1.82, 2.24) is 10.4 Å². The van der Waals surface area contributed by atoms with E-state index < -0.39 is 35.7 Å². The van der Waals surface area contributed by atoms with Crippen molar-refractivity contribution in [3.05, 3.63) is 0 Å². The lowest BCUT2D eigenvalue weighted by atomic mass is 10.1. The third-order valence-corrected chi connectivity index (χ3v) is 2.70. The molecule has 0 spiro atoms. The Bertz CT molecular complexity index is 458. The average Bonchev–Trinajstić information content (AvgIpc) is 2.74. The molecule has 9 nitrogen and oxygen atoms in total. The van der Waals surface area contributed by atoms with Gasteiger partial charge < -0.3 is 14.9 Å². The van der Waals surface area contributed by atoms with Crippen LogP contribution >= 0.6 is 0 Å². The number of amides is 3. The Kier molecular flexibility index (Phi) is 5.82. The zero-order chi connectivity index (χ0) is 16.0. The van der Waals surface area contributed by atoms with E-state index in [2.05, 4.69) is 14.9 Å². The molecule has 0 aromatic carbocycles. The SMILES string of the molecule is COC(=O)[C@H](CCC(=O)ON1C(=O)CCC1=O)NC(C)=O. The Morgan fingerprint density at radius 1 is 1.24 bits per heavy atom. The molecule has 0 aromatic heterocycles. The van der Waals surface area contributed by atoms with E-state index in [9.17, 15) is 24.0 Å². The number of rotatable bonds is 6. The fraction of sp³-hybridized carbons (Fsp3) is 0.583. The molecule has 0 unspecified atom stereocenters. The monoisotopic (exact) mass is 300 g/mol. The third kappa shape index (κ3) is 4.86. The van der Waals surface area contributed by atoms with Crippen LogP contribution in [0.5, 0.6) is 0 Å². The first-order valence-electron chi connectivity index (χ1n) is 6.26. The second kappa shape index (κ2) is 7.36. The summed E-state index contributed by atoms with van der Waals surface area (Å²) in [5.41, 5.74) is 0. The van der Waals surface area contributed by atoms with Gasteiger partial charge in [-0.1, -0.05) is 0 Å². The molecule has 1 atom stereocenters. The number of hydroxylamine groups is 2. The highest BCUT2D eigenvalue weighted by Crippen LogP contribution is 2.13. The van der Waals surface area contributed by atoms with Gasteiger partial charge in [0.2, 0.25) is 5.91 Å². The van der Waals surface area contributed by atoms with Crippen LogP contribution in [0.3, 0.4) is 0 Å². The van der Waals surface area contributed by atoms with Gasteiger partial charge in [-0.2, -0.15) is 0 Å². The largest absolute Gasteiger partial charge is 0.467 e. The summed E-state index contributed by atoms with van der Waals surface area (Å²) >= 11 is 0. The second-order valence-electron chi connectivity index (χ2n) is 4.36. The maximum Gasteiger partial charge on any atom is 0.333 e. The van der Waals surface area contributed by atoms with Crippen molar-refractivity contribution < 1.29 is 33.5 Å². The minimum absolute atomic E-state index is 0.00277. The van der Waals surface area contributed by atoms with Crippen molar-refractivity contribution in [3.63, 3.8) is 0 Å². The van der Waals surface area contributed by atoms with E-state index in [4.69, 9.17) is 0 Å². The predicted molar refractivity (Wildman–Crippen MR) is 66.0 cm³/mol. The van der Waals surface area contributed by atoms with Crippen LogP contribution in [-0.2, 0) is 33.5 Å². The number of nitrogens with one attached hydrogen (secondary N) is 1. The van der Waals surface area contributed by atoms with E-state index in [1.165, 1.54) is 6.92 Å². The number of carbonyl (C=O) groups is 5. The highest BCUT2D eigenvalue weighted by molar-refractivity contribution is 6.01. The van der Waals surface area contributed by atoms with Crippen molar-refractivity contribution in [3.8, 4) is 0 Å². The van der Waals surface area contributed by atoms with E-state index in [-0.39, 0.29) is 25.7 Å². The summed E-state index contributed by atoms with van der Waals surface area (Å²) in [6.07, 6.45) is -0.329. The summed E-state index contributed by atoms with van der Waals surface area (Å²) in [6.45, 7) is 1.22. The fourth-order valence-electron chi connectivity index (χ4n) is 1.70. The van der Waals surface area contributed by atoms with Crippen LogP contribution in [0.25, 0.3) is 0 Å². The smallest absolute Gasteiger partial charge is 0.333 e. The standard InChI is InChI=1S/C12H16N2O7/c1-7(15)13-8(12(19)20-2)3-6-11(18)21-14-9(16)4-5-10(14)17/h8H,3-6H2,1-2H3,(H,13,15)/t8-/m0/s1. The Morgan fingerprint density at radius 2 is 1.81 bits per heavy atom. The summed E-state index contributed by atoms with van der Waals surface area (Å²) in [4.78, 5) is 61.1. The van der Waals surface area contributed by atoms with E-state index in [0.29, 0.717) is 5.06 Å². The predicted octanol–water partition coefficient (Wildman–Crippen LogP) is -0.948. The van der Waals surface area contributed by atoms with Crippen molar-refractivity contribution in [2.24, 2.45) is 0 Å². The zero-order valence-electron chi connectivity index (χ0n) is 11.7. The molecule has 1 heterocycles. The van der Waals surface area contributed by atoms with Gasteiger partial charge in [-0.25, -0.2) is 9.59 Å². The quantitative estimate of drug-likeness (QED) is 0.496. The molecule has 1 aliphatic heterocycles. The highest BCUT2D eigenvalue weighted by Gasteiger charge is 2.33. The zero-order valence-corrected chi connectivity index (χ0v) is 11.7. The van der Waals surface area contributed by atoms with Gasteiger partial charge in [0, 0.05) is 19.8 Å². The van der Waals surface area contributed by atoms with Crippen molar-refractivity contribution in [2.75, 3.05) is 7.11 Å². The Hall–Kier alpha value is -2.45. The van der Waals surface area contributed by atoms with Crippen LogP contribution in [0.15, 0.2) is 0 Å². The van der Waals surface area contributed by atoms with E-state index in [0.717, 1.165) is 7.11 Å². The summed E-state index contributed by atoms with van der Waals surface area (Å²) in [6, 6.07) is -0.995. The van der Waals surface area contributed by atoms with E-state index in [1.807, 2.05) is 0 Å². The molecule has 21 heavy (non-hydrogen) atoms. The average molecular weight is 300 g/mol. The van der Waals surface area contributed by atoms with Crippen LogP contribution in [0.2, 0.25) is 0 Å². The molecular weight excluding hydrogens is 284 g/mol. The maximum atomic E-state index is 11.6. The highest BCUT2D eigenvalue weighted by atomic mass is 16.7. The van der Waals surface area contributed by atoms with Gasteiger partial charge in [0.1, 0.15) is 6.04 Å². The number of ether oxygens (including phenoxy) is 1. The lowest BCUT2D eigenvalue weighted by Gasteiger charge is -2.16. The number of methoxy groups -OCH3 is 1. The Balaban J connectivity index is 2.49. The van der Waals surface area contributed by atoms with Gasteiger partial charge in [0.05, 0.1) is 13.5 Å². The molecule has 0 aromatic rings. The van der Waals surface area contributed by atoms with E-state index >= 15 is 0 Å². The number of nitrogens with zero attached hydrogens (tertiary/aromatic N) is 1. The number of imide groups is 1. The van der Waals surface area contributed by atoms with Crippen LogP contribution in [0.1, 0.15) is 32.6 Å². The van der Waals surface area contributed by atoms with Gasteiger partial charge in [0.25, 0.3) is 11.8 Å². The minimum atomic E-state index is -0.995. The molecule has 9 heteroatoms. The molecule has 1 N–H and O–H groups in total. The van der Waals surface area contributed by atoms with Crippen LogP contribution in [0, 0.1) is 0 Å². The van der Waals surface area contributed by atoms with Crippen LogP contribution in [-0.4, -0.2) is 47.9 Å². The van der Waals surface area contributed by atoms with Gasteiger partial charge >= 0.3 is 11.9 Å². The molecule has 116 valence electrons. The second-order valence-corrected chi connectivity index (χ2v) is 4.36. The molecule has 1 aliphatic rings. The summed E-state index contributed by atoms with van der Waals surface area (Å²) in [7, 11) is 1.15. The first kappa shape index (κ1) is 16.6. The minimum Gasteiger partial charge on any atom is -0.467 e. The Labute approximate surface area is 120 Å². The van der Waals surface area contributed by atoms with Crippen molar-refractivity contribution >= 4 is 29.7 Å². The van der Waals surface area contributed by atoms with Gasteiger partial charge in [-0.05, 0) is 6.42 Å². The maximum absolute atomic E-state index is 11.6. The van der Waals surface area contributed by atoms with Crippen LogP contribution < -0.4 is 5.32 Å².